The molecule has 1 heterocycles. The monoisotopic (exact) mass is 316 g/mol. The third kappa shape index (κ3) is 3.79. The first-order valence-electron chi connectivity index (χ1n) is 6.12. The first-order chi connectivity index (χ1) is 10.4. The van der Waals surface area contributed by atoms with E-state index in [2.05, 4.69) is 20.3 Å². The van der Waals surface area contributed by atoms with Crippen LogP contribution in [0, 0.1) is 0 Å². The lowest BCUT2D eigenvalue weighted by molar-refractivity contribution is -0.145. The number of hydrogen-bond acceptors (Lipinski definition) is 6. The molecule has 0 saturated carbocycles. The zero-order chi connectivity index (χ0) is 16.2. The average Bonchev–Trinajstić information content (AvgIpc) is 2.92. The van der Waals surface area contributed by atoms with Crippen molar-refractivity contribution in [2.24, 2.45) is 0 Å². The van der Waals surface area contributed by atoms with Crippen LogP contribution in [0.2, 0.25) is 0 Å². The molecule has 22 heavy (non-hydrogen) atoms. The van der Waals surface area contributed by atoms with E-state index in [1.54, 1.807) is 0 Å². The van der Waals surface area contributed by atoms with Crippen molar-refractivity contribution < 1.29 is 27.8 Å². The molecule has 10 heteroatoms. The summed E-state index contributed by atoms with van der Waals surface area (Å²) in [6.07, 6.45) is -4.49. The fourth-order valence-electron chi connectivity index (χ4n) is 1.68. The molecule has 0 unspecified atom stereocenters. The van der Waals surface area contributed by atoms with Crippen LogP contribution >= 0.6 is 0 Å². The van der Waals surface area contributed by atoms with Crippen molar-refractivity contribution in [1.82, 2.24) is 20.2 Å². The van der Waals surface area contributed by atoms with Gasteiger partial charge in [0.25, 0.3) is 0 Å². The molecule has 0 spiro atoms. The lowest BCUT2D eigenvalue weighted by Crippen LogP contribution is -2.17. The minimum Gasteiger partial charge on any atom is -0.462 e. The van der Waals surface area contributed by atoms with Gasteiger partial charge in [-0.2, -0.15) is 13.2 Å². The number of aliphatic hydroxyl groups is 1. The summed E-state index contributed by atoms with van der Waals surface area (Å²) >= 11 is 0. The van der Waals surface area contributed by atoms with Gasteiger partial charge >= 0.3 is 12.1 Å². The average molecular weight is 316 g/mol. The van der Waals surface area contributed by atoms with E-state index < -0.39 is 17.7 Å². The van der Waals surface area contributed by atoms with Gasteiger partial charge in [-0.15, -0.1) is 5.10 Å². The second-order valence-corrected chi connectivity index (χ2v) is 4.18. The number of carbonyl (C=O) groups excluding carboxylic acids is 1. The zero-order valence-corrected chi connectivity index (χ0v) is 11.1. The largest absolute Gasteiger partial charge is 0.462 e. The molecule has 0 atom stereocenters. The van der Waals surface area contributed by atoms with E-state index in [-0.39, 0.29) is 31.1 Å². The number of benzene rings is 1. The van der Waals surface area contributed by atoms with Crippen LogP contribution in [-0.4, -0.2) is 44.5 Å². The van der Waals surface area contributed by atoms with E-state index in [4.69, 9.17) is 5.11 Å². The lowest BCUT2D eigenvalue weighted by atomic mass is 10.1. The molecule has 1 aromatic carbocycles. The molecule has 118 valence electrons. The van der Waals surface area contributed by atoms with Gasteiger partial charge in [0.05, 0.1) is 12.2 Å². The molecule has 2 aromatic rings. The summed E-state index contributed by atoms with van der Waals surface area (Å²) in [6.45, 7) is -0.889. The van der Waals surface area contributed by atoms with Gasteiger partial charge in [-0.3, -0.25) is 4.79 Å². The topological polar surface area (TPSA) is 90.1 Å². The molecule has 0 fully saturated rings. The highest BCUT2D eigenvalue weighted by Crippen LogP contribution is 2.31. The number of halogens is 3. The van der Waals surface area contributed by atoms with Crippen LogP contribution in [0.1, 0.15) is 5.56 Å². The number of rotatable bonds is 5. The van der Waals surface area contributed by atoms with Crippen molar-refractivity contribution in [3.05, 3.63) is 29.8 Å². The highest BCUT2D eigenvalue weighted by molar-refractivity contribution is 5.70. The fraction of sp³-hybridized carbons (Fsp3) is 0.333. The summed E-state index contributed by atoms with van der Waals surface area (Å²) in [5.41, 5.74) is -0.725. The standard InChI is InChI=1S/C12H11F3N4O3/c13-12(14,15)9-3-1-2-8(6-9)11-16-17-18-19(11)7-10(21)22-5-4-20/h1-3,6,20H,4-5,7H2. The normalized spacial score (nSPS) is 11.5. The molecule has 0 bridgehead atoms. The highest BCUT2D eigenvalue weighted by Gasteiger charge is 2.30. The number of hydrogen-bond donors (Lipinski definition) is 1. The third-order valence-electron chi connectivity index (χ3n) is 2.61. The Labute approximate surface area is 122 Å². The number of tetrazole rings is 1. The summed E-state index contributed by atoms with van der Waals surface area (Å²) < 4.78 is 43.8. The van der Waals surface area contributed by atoms with Gasteiger partial charge in [0, 0.05) is 5.56 Å². The van der Waals surface area contributed by atoms with E-state index in [0.717, 1.165) is 16.8 Å². The Morgan fingerprint density at radius 2 is 2.14 bits per heavy atom. The quantitative estimate of drug-likeness (QED) is 0.824. The zero-order valence-electron chi connectivity index (χ0n) is 11.1. The summed E-state index contributed by atoms with van der Waals surface area (Å²) in [5.74, 6) is -0.707. The number of ether oxygens (including phenoxy) is 1. The lowest BCUT2D eigenvalue weighted by Gasteiger charge is -2.09. The van der Waals surface area contributed by atoms with Crippen molar-refractivity contribution in [3.63, 3.8) is 0 Å². The van der Waals surface area contributed by atoms with Crippen LogP contribution in [0.25, 0.3) is 11.4 Å². The molecule has 0 aliphatic carbocycles. The van der Waals surface area contributed by atoms with Gasteiger partial charge in [-0.1, -0.05) is 12.1 Å². The van der Waals surface area contributed by atoms with E-state index in [0.29, 0.717) is 0 Å². The van der Waals surface area contributed by atoms with Gasteiger partial charge in [-0.05, 0) is 22.6 Å². The summed E-state index contributed by atoms with van der Waals surface area (Å²) in [6, 6.07) is 4.44. The van der Waals surface area contributed by atoms with Crippen molar-refractivity contribution in [1.29, 1.82) is 0 Å². The van der Waals surface area contributed by atoms with E-state index in [1.807, 2.05) is 0 Å². The second kappa shape index (κ2) is 6.52. The van der Waals surface area contributed by atoms with E-state index in [1.165, 1.54) is 12.1 Å². The van der Waals surface area contributed by atoms with Gasteiger partial charge in [0.2, 0.25) is 0 Å². The molecule has 0 aliphatic rings. The number of aliphatic hydroxyl groups excluding tert-OH is 1. The Kier molecular flexibility index (Phi) is 4.71. The molecule has 0 saturated heterocycles. The number of esters is 1. The molecule has 7 nitrogen and oxygen atoms in total. The first kappa shape index (κ1) is 15.9. The molecule has 0 radical (unpaired) electrons. The van der Waals surface area contributed by atoms with E-state index in [9.17, 15) is 18.0 Å². The smallest absolute Gasteiger partial charge is 0.416 e. The third-order valence-corrected chi connectivity index (χ3v) is 2.61. The fourth-order valence-corrected chi connectivity index (χ4v) is 1.68. The maximum Gasteiger partial charge on any atom is 0.416 e. The van der Waals surface area contributed by atoms with Gasteiger partial charge < -0.3 is 9.84 Å². The Balaban J connectivity index is 2.24. The summed E-state index contributed by atoms with van der Waals surface area (Å²) in [5, 5.41) is 19.1. The number of nitrogens with zero attached hydrogens (tertiary/aromatic N) is 4. The SMILES string of the molecule is O=C(Cn1nnnc1-c1cccc(C(F)(F)F)c1)OCCO. The molecular formula is C12H11F3N4O3. The molecular weight excluding hydrogens is 305 g/mol. The van der Waals surface area contributed by atoms with Gasteiger partial charge in [0.1, 0.15) is 13.2 Å². The number of alkyl halides is 3. The Morgan fingerprint density at radius 3 is 2.82 bits per heavy atom. The first-order valence-corrected chi connectivity index (χ1v) is 6.12. The maximum absolute atomic E-state index is 12.7. The van der Waals surface area contributed by atoms with Crippen LogP contribution in [0.15, 0.2) is 24.3 Å². The predicted molar refractivity (Wildman–Crippen MR) is 66.3 cm³/mol. The summed E-state index contributed by atoms with van der Waals surface area (Å²) in [7, 11) is 0. The van der Waals surface area contributed by atoms with E-state index >= 15 is 0 Å². The second-order valence-electron chi connectivity index (χ2n) is 4.18. The van der Waals surface area contributed by atoms with Crippen LogP contribution in [-0.2, 0) is 22.3 Å². The van der Waals surface area contributed by atoms with Crippen molar-refractivity contribution >= 4 is 5.97 Å². The molecule has 1 N–H and O–H groups in total. The number of aromatic nitrogens is 4. The Hall–Kier alpha value is -2.49. The summed E-state index contributed by atoms with van der Waals surface area (Å²) in [4.78, 5) is 11.4. The molecule has 0 aliphatic heterocycles. The van der Waals surface area contributed by atoms with Crippen LogP contribution < -0.4 is 0 Å². The van der Waals surface area contributed by atoms with Crippen molar-refractivity contribution in [2.75, 3.05) is 13.2 Å². The molecule has 2 rings (SSSR count). The van der Waals surface area contributed by atoms with Gasteiger partial charge in [-0.25, -0.2) is 4.68 Å². The minimum atomic E-state index is -4.49. The number of carbonyl (C=O) groups is 1. The van der Waals surface area contributed by atoms with Gasteiger partial charge in [0.15, 0.2) is 5.82 Å². The minimum absolute atomic E-state index is 0.00653. The van der Waals surface area contributed by atoms with Crippen molar-refractivity contribution in [2.45, 2.75) is 12.7 Å². The maximum atomic E-state index is 12.7. The Bertz CT molecular complexity index is 657. The van der Waals surface area contributed by atoms with Crippen LogP contribution in [0.4, 0.5) is 13.2 Å². The Morgan fingerprint density at radius 1 is 1.36 bits per heavy atom. The van der Waals surface area contributed by atoms with Crippen molar-refractivity contribution in [3.8, 4) is 11.4 Å². The molecule has 1 aromatic heterocycles. The van der Waals surface area contributed by atoms with Crippen LogP contribution in [0.3, 0.4) is 0 Å². The highest BCUT2D eigenvalue weighted by atomic mass is 19.4. The molecule has 0 amide bonds. The predicted octanol–water partition coefficient (Wildman–Crippen LogP) is 0.894. The van der Waals surface area contributed by atoms with Crippen LogP contribution in [0.5, 0.6) is 0 Å².